The number of nitrogens with zero attached hydrogens (tertiary/aromatic N) is 1. The van der Waals surface area contributed by atoms with E-state index >= 15 is 0 Å². The van der Waals surface area contributed by atoms with Crippen LogP contribution in [-0.2, 0) is 22.5 Å². The van der Waals surface area contributed by atoms with Crippen molar-refractivity contribution in [3.63, 3.8) is 0 Å². The smallest absolute Gasteiger partial charge is 0.246 e. The van der Waals surface area contributed by atoms with Crippen LogP contribution >= 0.6 is 0 Å². The van der Waals surface area contributed by atoms with E-state index in [-0.39, 0.29) is 5.91 Å². The molecule has 1 aliphatic carbocycles. The van der Waals surface area contributed by atoms with Gasteiger partial charge in [0.15, 0.2) is 0 Å². The Hall–Kier alpha value is -1.35. The van der Waals surface area contributed by atoms with E-state index in [0.29, 0.717) is 12.3 Å². The minimum absolute atomic E-state index is 0.0558. The van der Waals surface area contributed by atoms with E-state index in [4.69, 9.17) is 4.84 Å². The van der Waals surface area contributed by atoms with Gasteiger partial charge in [0.2, 0.25) is 5.91 Å². The summed E-state index contributed by atoms with van der Waals surface area (Å²) in [6.07, 6.45) is 2.60. The molecular formula is C13H17NO2. The molecule has 1 aromatic rings. The van der Waals surface area contributed by atoms with E-state index in [9.17, 15) is 4.79 Å². The first-order chi connectivity index (χ1) is 7.70. The summed E-state index contributed by atoms with van der Waals surface area (Å²) < 4.78 is 0. The van der Waals surface area contributed by atoms with Crippen molar-refractivity contribution in [3.05, 3.63) is 35.4 Å². The average Bonchev–Trinajstić information content (AvgIpc) is 2.69. The molecule has 0 fully saturated rings. The molecule has 3 heteroatoms. The third-order valence-electron chi connectivity index (χ3n) is 3.22. The summed E-state index contributed by atoms with van der Waals surface area (Å²) >= 11 is 0. The first-order valence-electron chi connectivity index (χ1n) is 5.58. The highest BCUT2D eigenvalue weighted by Gasteiger charge is 2.24. The molecule has 0 bridgehead atoms. The Bertz CT molecular complexity index is 364. The third-order valence-corrected chi connectivity index (χ3v) is 3.22. The minimum Gasteiger partial charge on any atom is -0.275 e. The summed E-state index contributed by atoms with van der Waals surface area (Å²) in [5, 5.41) is 1.31. The molecule has 0 saturated carbocycles. The van der Waals surface area contributed by atoms with Gasteiger partial charge in [-0.05, 0) is 29.9 Å². The number of carbonyl (C=O) groups is 1. The van der Waals surface area contributed by atoms with Crippen molar-refractivity contribution in [3.8, 4) is 0 Å². The second-order valence-corrected chi connectivity index (χ2v) is 4.32. The summed E-state index contributed by atoms with van der Waals surface area (Å²) in [7, 11) is 3.17. The van der Waals surface area contributed by atoms with Crippen LogP contribution in [0.3, 0.4) is 0 Å². The minimum atomic E-state index is 0.0558. The number of hydroxylamine groups is 2. The van der Waals surface area contributed by atoms with Gasteiger partial charge in [-0.1, -0.05) is 24.3 Å². The van der Waals surface area contributed by atoms with E-state index in [1.165, 1.54) is 23.3 Å². The summed E-state index contributed by atoms with van der Waals surface area (Å²) in [5.41, 5.74) is 2.78. The van der Waals surface area contributed by atoms with Crippen molar-refractivity contribution in [2.75, 3.05) is 14.2 Å². The molecule has 86 valence electrons. The maximum atomic E-state index is 11.7. The van der Waals surface area contributed by atoms with Crippen molar-refractivity contribution < 1.29 is 9.63 Å². The van der Waals surface area contributed by atoms with Crippen molar-refractivity contribution in [2.24, 2.45) is 5.92 Å². The summed E-state index contributed by atoms with van der Waals surface area (Å²) in [6, 6.07) is 8.42. The maximum Gasteiger partial charge on any atom is 0.246 e. The van der Waals surface area contributed by atoms with E-state index < -0.39 is 0 Å². The highest BCUT2D eigenvalue weighted by molar-refractivity contribution is 5.75. The predicted octanol–water partition coefficient (Wildman–Crippen LogP) is 1.81. The summed E-state index contributed by atoms with van der Waals surface area (Å²) in [5.74, 6) is 0.489. The number of hydrogen-bond acceptors (Lipinski definition) is 2. The topological polar surface area (TPSA) is 29.5 Å². The second-order valence-electron chi connectivity index (χ2n) is 4.32. The van der Waals surface area contributed by atoms with E-state index in [2.05, 4.69) is 24.3 Å². The molecule has 1 aliphatic rings. The zero-order valence-corrected chi connectivity index (χ0v) is 9.77. The number of carbonyl (C=O) groups excluding carboxylic acids is 1. The fourth-order valence-electron chi connectivity index (χ4n) is 2.27. The fraction of sp³-hybridized carbons (Fsp3) is 0.462. The Balaban J connectivity index is 1.95. The predicted molar refractivity (Wildman–Crippen MR) is 61.7 cm³/mol. The number of hydrogen-bond donors (Lipinski definition) is 0. The standard InChI is InChI=1S/C13H17NO2/c1-14(16-2)13(15)9-10-7-11-5-3-4-6-12(11)8-10/h3-6,10H,7-9H2,1-2H3. The molecule has 2 rings (SSSR count). The van der Waals surface area contributed by atoms with Crippen LogP contribution in [0, 0.1) is 5.92 Å². The Morgan fingerprint density at radius 2 is 1.94 bits per heavy atom. The van der Waals surface area contributed by atoms with Gasteiger partial charge in [0.05, 0.1) is 7.11 Å². The normalized spacial score (nSPS) is 14.9. The van der Waals surface area contributed by atoms with Gasteiger partial charge in [0.1, 0.15) is 0 Å². The molecule has 0 saturated heterocycles. The van der Waals surface area contributed by atoms with Crippen LogP contribution < -0.4 is 0 Å². The van der Waals surface area contributed by atoms with Gasteiger partial charge < -0.3 is 0 Å². The highest BCUT2D eigenvalue weighted by atomic mass is 16.7. The lowest BCUT2D eigenvalue weighted by molar-refractivity contribution is -0.169. The van der Waals surface area contributed by atoms with Gasteiger partial charge in [-0.25, -0.2) is 5.06 Å². The molecule has 0 N–H and O–H groups in total. The van der Waals surface area contributed by atoms with Crippen LogP contribution in [0.1, 0.15) is 17.5 Å². The highest BCUT2D eigenvalue weighted by Crippen LogP contribution is 2.28. The fourth-order valence-corrected chi connectivity index (χ4v) is 2.27. The van der Waals surface area contributed by atoms with Crippen LogP contribution in [0.4, 0.5) is 0 Å². The maximum absolute atomic E-state index is 11.7. The molecule has 0 aliphatic heterocycles. The lowest BCUT2D eigenvalue weighted by atomic mass is 10.0. The molecule has 0 unspecified atom stereocenters. The third kappa shape index (κ3) is 2.25. The van der Waals surface area contributed by atoms with Crippen molar-refractivity contribution in [1.29, 1.82) is 0 Å². The monoisotopic (exact) mass is 219 g/mol. The lowest BCUT2D eigenvalue weighted by Crippen LogP contribution is -2.27. The lowest BCUT2D eigenvalue weighted by Gasteiger charge is -2.16. The van der Waals surface area contributed by atoms with Gasteiger partial charge in [-0.3, -0.25) is 9.63 Å². The Morgan fingerprint density at radius 1 is 1.38 bits per heavy atom. The summed E-state index contributed by atoms with van der Waals surface area (Å²) in [4.78, 5) is 16.6. The van der Waals surface area contributed by atoms with Gasteiger partial charge in [-0.2, -0.15) is 0 Å². The van der Waals surface area contributed by atoms with Crippen molar-refractivity contribution >= 4 is 5.91 Å². The zero-order valence-electron chi connectivity index (χ0n) is 9.77. The van der Waals surface area contributed by atoms with Gasteiger partial charge in [0.25, 0.3) is 0 Å². The van der Waals surface area contributed by atoms with Gasteiger partial charge >= 0.3 is 0 Å². The summed E-state index contributed by atoms with van der Waals surface area (Å²) in [6.45, 7) is 0. The first-order valence-corrected chi connectivity index (χ1v) is 5.58. The van der Waals surface area contributed by atoms with Crippen LogP contribution in [0.15, 0.2) is 24.3 Å². The largest absolute Gasteiger partial charge is 0.275 e. The molecule has 0 atom stereocenters. The first kappa shape index (κ1) is 11.1. The quantitative estimate of drug-likeness (QED) is 0.726. The molecule has 1 aromatic carbocycles. The van der Waals surface area contributed by atoms with Crippen molar-refractivity contribution in [1.82, 2.24) is 5.06 Å². The molecule has 0 spiro atoms. The average molecular weight is 219 g/mol. The molecule has 0 radical (unpaired) electrons. The Labute approximate surface area is 96.0 Å². The van der Waals surface area contributed by atoms with Crippen LogP contribution in [0.25, 0.3) is 0 Å². The van der Waals surface area contributed by atoms with Gasteiger partial charge in [0, 0.05) is 13.5 Å². The van der Waals surface area contributed by atoms with Crippen LogP contribution in [0.2, 0.25) is 0 Å². The van der Waals surface area contributed by atoms with Crippen LogP contribution in [-0.4, -0.2) is 25.1 Å². The SMILES string of the molecule is CON(C)C(=O)CC1Cc2ccccc2C1. The Kier molecular flexibility index (Phi) is 3.25. The van der Waals surface area contributed by atoms with E-state index in [1.54, 1.807) is 7.05 Å². The molecule has 16 heavy (non-hydrogen) atoms. The van der Waals surface area contributed by atoms with E-state index in [0.717, 1.165) is 12.8 Å². The van der Waals surface area contributed by atoms with Gasteiger partial charge in [-0.15, -0.1) is 0 Å². The number of rotatable bonds is 3. The van der Waals surface area contributed by atoms with Crippen molar-refractivity contribution in [2.45, 2.75) is 19.3 Å². The van der Waals surface area contributed by atoms with E-state index in [1.807, 2.05) is 0 Å². The number of benzene rings is 1. The van der Waals surface area contributed by atoms with Crippen LogP contribution in [0.5, 0.6) is 0 Å². The molecular weight excluding hydrogens is 202 g/mol. The number of fused-ring (bicyclic) bond motifs is 1. The Morgan fingerprint density at radius 3 is 2.44 bits per heavy atom. The molecule has 0 aromatic heterocycles. The number of amides is 1. The molecule has 1 amide bonds. The second kappa shape index (κ2) is 4.66. The molecule has 0 heterocycles. The molecule has 3 nitrogen and oxygen atoms in total. The zero-order chi connectivity index (χ0) is 11.5.